The first-order chi connectivity index (χ1) is 14.3. The molecule has 0 unspecified atom stereocenters. The maximum Gasteiger partial charge on any atom is 0.251 e. The smallest absolute Gasteiger partial charge is 0.251 e. The van der Waals surface area contributed by atoms with Gasteiger partial charge in [0.15, 0.2) is 11.0 Å². The summed E-state index contributed by atoms with van der Waals surface area (Å²) in [6.07, 6.45) is 4.62. The molecule has 1 saturated carbocycles. The van der Waals surface area contributed by atoms with E-state index < -0.39 is 0 Å². The zero-order valence-electron chi connectivity index (χ0n) is 17.0. The fourth-order valence-electron chi connectivity index (χ4n) is 3.43. The van der Waals surface area contributed by atoms with Gasteiger partial charge in [-0.05, 0) is 37.0 Å². The predicted molar refractivity (Wildman–Crippen MR) is 119 cm³/mol. The Hall–Kier alpha value is -1.77. The van der Waals surface area contributed by atoms with E-state index in [9.17, 15) is 9.59 Å². The van der Waals surface area contributed by atoms with Crippen molar-refractivity contribution in [2.75, 3.05) is 5.75 Å². The van der Waals surface area contributed by atoms with Crippen LogP contribution in [0.25, 0.3) is 0 Å². The number of rotatable bonds is 7. The molecular formula is C20H25Cl2N5O2S. The molecule has 0 saturated heterocycles. The molecule has 0 bridgehead atoms. The van der Waals surface area contributed by atoms with Crippen molar-refractivity contribution in [3.05, 3.63) is 39.6 Å². The van der Waals surface area contributed by atoms with Gasteiger partial charge in [0.2, 0.25) is 5.91 Å². The summed E-state index contributed by atoms with van der Waals surface area (Å²) in [5.41, 5.74) is 0.412. The van der Waals surface area contributed by atoms with E-state index in [-0.39, 0.29) is 30.2 Å². The molecule has 1 aromatic heterocycles. The van der Waals surface area contributed by atoms with Gasteiger partial charge in [-0.1, -0.05) is 54.7 Å². The van der Waals surface area contributed by atoms with Gasteiger partial charge >= 0.3 is 0 Å². The first-order valence-electron chi connectivity index (χ1n) is 9.89. The van der Waals surface area contributed by atoms with E-state index in [1.165, 1.54) is 37.1 Å². The number of nitrogens with one attached hydrogen (secondary N) is 2. The van der Waals surface area contributed by atoms with Crippen LogP contribution in [-0.4, -0.2) is 38.4 Å². The van der Waals surface area contributed by atoms with Gasteiger partial charge in [-0.25, -0.2) is 0 Å². The van der Waals surface area contributed by atoms with Gasteiger partial charge in [-0.2, -0.15) is 0 Å². The summed E-state index contributed by atoms with van der Waals surface area (Å²) in [6, 6.07) is 4.96. The molecule has 7 nitrogen and oxygen atoms in total. The van der Waals surface area contributed by atoms with Gasteiger partial charge in [-0.3, -0.25) is 9.59 Å². The molecule has 2 aromatic rings. The van der Waals surface area contributed by atoms with Gasteiger partial charge < -0.3 is 15.2 Å². The number of carbonyl (C=O) groups is 2. The van der Waals surface area contributed by atoms with Gasteiger partial charge in [0, 0.05) is 18.7 Å². The number of hydrogen-bond acceptors (Lipinski definition) is 5. The zero-order valence-corrected chi connectivity index (χ0v) is 19.3. The normalized spacial score (nSPS) is 18.8. The summed E-state index contributed by atoms with van der Waals surface area (Å²) in [6.45, 7) is 2.40. The lowest BCUT2D eigenvalue weighted by atomic mass is 9.86. The summed E-state index contributed by atoms with van der Waals surface area (Å²) in [7, 11) is 1.81. The minimum absolute atomic E-state index is 0.0104. The fraction of sp³-hybridized carbons (Fsp3) is 0.500. The topological polar surface area (TPSA) is 88.9 Å². The molecular weight excluding hydrogens is 445 g/mol. The molecule has 10 heteroatoms. The molecule has 3 rings (SSSR count). The van der Waals surface area contributed by atoms with Crippen molar-refractivity contribution in [3.63, 3.8) is 0 Å². The third kappa shape index (κ3) is 5.89. The molecule has 1 aliphatic rings. The Labute approximate surface area is 190 Å². The van der Waals surface area contributed by atoms with Crippen molar-refractivity contribution < 1.29 is 9.59 Å². The molecule has 2 N–H and O–H groups in total. The summed E-state index contributed by atoms with van der Waals surface area (Å²) in [5, 5.41) is 15.5. The highest BCUT2D eigenvalue weighted by atomic mass is 35.5. The Morgan fingerprint density at radius 1 is 1.20 bits per heavy atom. The number of benzene rings is 1. The predicted octanol–water partition coefficient (Wildman–Crippen LogP) is 3.84. The van der Waals surface area contributed by atoms with Crippen LogP contribution in [0, 0.1) is 5.92 Å². The number of thioether (sulfide) groups is 1. The maximum absolute atomic E-state index is 12.3. The van der Waals surface area contributed by atoms with Crippen LogP contribution in [0.4, 0.5) is 0 Å². The number of hydrogen-bond donors (Lipinski definition) is 2. The molecule has 1 heterocycles. The minimum Gasteiger partial charge on any atom is -0.352 e. The Bertz CT molecular complexity index is 921. The third-order valence-electron chi connectivity index (χ3n) is 5.30. The van der Waals surface area contributed by atoms with Gasteiger partial charge in [-0.15, -0.1) is 10.2 Å². The minimum atomic E-state index is -0.285. The van der Waals surface area contributed by atoms with Gasteiger partial charge in [0.1, 0.15) is 0 Å². The van der Waals surface area contributed by atoms with E-state index in [1.807, 2.05) is 7.05 Å². The summed E-state index contributed by atoms with van der Waals surface area (Å²) >= 11 is 13.2. The molecule has 0 spiro atoms. The molecule has 1 aromatic carbocycles. The van der Waals surface area contributed by atoms with Crippen LogP contribution in [0.15, 0.2) is 23.4 Å². The second kappa shape index (κ2) is 10.5. The maximum atomic E-state index is 12.3. The average Bonchev–Trinajstić information content (AvgIpc) is 3.08. The van der Waals surface area contributed by atoms with E-state index >= 15 is 0 Å². The molecule has 2 atom stereocenters. The van der Waals surface area contributed by atoms with Crippen molar-refractivity contribution in [3.8, 4) is 0 Å². The lowest BCUT2D eigenvalue weighted by Crippen LogP contribution is -2.41. The summed E-state index contributed by atoms with van der Waals surface area (Å²) in [5.74, 6) is 1.12. The quantitative estimate of drug-likeness (QED) is 0.601. The van der Waals surface area contributed by atoms with E-state index in [2.05, 4.69) is 27.8 Å². The fourth-order valence-corrected chi connectivity index (χ4v) is 4.47. The van der Waals surface area contributed by atoms with Crippen LogP contribution in [0.2, 0.25) is 10.0 Å². The second-order valence-corrected chi connectivity index (χ2v) is 9.25. The van der Waals surface area contributed by atoms with E-state index in [4.69, 9.17) is 23.2 Å². The molecule has 0 radical (unpaired) electrons. The highest BCUT2D eigenvalue weighted by Crippen LogP contribution is 2.24. The number of nitrogens with zero attached hydrogens (tertiary/aromatic N) is 3. The summed E-state index contributed by atoms with van der Waals surface area (Å²) in [4.78, 5) is 24.6. The highest BCUT2D eigenvalue weighted by Gasteiger charge is 2.23. The third-order valence-corrected chi connectivity index (χ3v) is 7.06. The number of amides is 2. The second-order valence-electron chi connectivity index (χ2n) is 7.49. The Balaban J connectivity index is 1.49. The first kappa shape index (κ1) is 22.9. The van der Waals surface area contributed by atoms with E-state index in [1.54, 1.807) is 16.7 Å². The molecule has 162 valence electrons. The van der Waals surface area contributed by atoms with Crippen molar-refractivity contribution >= 4 is 46.8 Å². The summed E-state index contributed by atoms with van der Waals surface area (Å²) < 4.78 is 1.77. The Morgan fingerprint density at radius 3 is 2.70 bits per heavy atom. The number of aromatic nitrogens is 3. The molecule has 30 heavy (non-hydrogen) atoms. The van der Waals surface area contributed by atoms with Crippen molar-refractivity contribution in [2.24, 2.45) is 13.0 Å². The van der Waals surface area contributed by atoms with Crippen LogP contribution in [-0.2, 0) is 18.4 Å². The van der Waals surface area contributed by atoms with Crippen molar-refractivity contribution in [1.82, 2.24) is 25.4 Å². The zero-order chi connectivity index (χ0) is 21.7. The van der Waals surface area contributed by atoms with Gasteiger partial charge in [0.05, 0.1) is 22.3 Å². The van der Waals surface area contributed by atoms with Crippen molar-refractivity contribution in [1.29, 1.82) is 0 Å². The molecule has 1 fully saturated rings. The van der Waals surface area contributed by atoms with Crippen LogP contribution in [0.5, 0.6) is 0 Å². The largest absolute Gasteiger partial charge is 0.352 e. The van der Waals surface area contributed by atoms with Crippen LogP contribution in [0.3, 0.4) is 0 Å². The SMILES string of the molecule is C[C@H]1CCCC[C@H]1NC(=O)CSc1nnc(CNC(=O)c2ccc(Cl)c(Cl)c2)n1C. The number of halogens is 2. The van der Waals surface area contributed by atoms with Crippen molar-refractivity contribution in [2.45, 2.75) is 50.4 Å². The average molecular weight is 470 g/mol. The highest BCUT2D eigenvalue weighted by molar-refractivity contribution is 7.99. The van der Waals surface area contributed by atoms with Crippen LogP contribution < -0.4 is 10.6 Å². The van der Waals surface area contributed by atoms with E-state index in [0.717, 1.165) is 6.42 Å². The lowest BCUT2D eigenvalue weighted by molar-refractivity contribution is -0.119. The molecule has 0 aliphatic heterocycles. The first-order valence-corrected chi connectivity index (χ1v) is 11.6. The van der Waals surface area contributed by atoms with E-state index in [0.29, 0.717) is 32.5 Å². The van der Waals surface area contributed by atoms with Crippen LogP contribution in [0.1, 0.15) is 48.8 Å². The Kier molecular flexibility index (Phi) is 8.02. The Morgan fingerprint density at radius 2 is 1.97 bits per heavy atom. The van der Waals surface area contributed by atoms with Crippen LogP contribution >= 0.6 is 35.0 Å². The molecule has 1 aliphatic carbocycles. The number of carbonyl (C=O) groups excluding carboxylic acids is 2. The molecule has 2 amide bonds. The monoisotopic (exact) mass is 469 g/mol. The van der Waals surface area contributed by atoms with Gasteiger partial charge in [0.25, 0.3) is 5.91 Å². The standard InChI is InChI=1S/C20H25Cl2N5O2S/c1-12-5-3-4-6-16(12)24-18(28)11-30-20-26-25-17(27(20)2)10-23-19(29)13-7-8-14(21)15(22)9-13/h7-9,12,16H,3-6,10-11H2,1-2H3,(H,23,29)(H,24,28)/t12-,16+/m0/s1. The lowest BCUT2D eigenvalue weighted by Gasteiger charge is -2.29.